The van der Waals surface area contributed by atoms with Crippen LogP contribution in [-0.4, -0.2) is 25.8 Å². The van der Waals surface area contributed by atoms with Gasteiger partial charge < -0.3 is 9.67 Å². The fraction of sp³-hybridized carbons (Fsp3) is 0.786. The van der Waals surface area contributed by atoms with Crippen LogP contribution in [-0.2, 0) is 11.2 Å². The molecule has 1 aliphatic rings. The quantitative estimate of drug-likeness (QED) is 0.909. The van der Waals surface area contributed by atoms with Gasteiger partial charge in [0.2, 0.25) is 0 Å². The number of hydrogen-bond donors (Lipinski definition) is 1. The zero-order valence-corrected chi connectivity index (χ0v) is 12.0. The molecule has 1 aromatic rings. The summed E-state index contributed by atoms with van der Waals surface area (Å²) in [6.45, 7) is 6.08. The summed E-state index contributed by atoms with van der Waals surface area (Å²) in [6.07, 6.45) is 5.16. The molecule has 1 saturated carbocycles. The van der Waals surface area contributed by atoms with Crippen LogP contribution in [0.25, 0.3) is 0 Å². The first-order valence-electron chi connectivity index (χ1n) is 7.10. The maximum atomic E-state index is 11.7. The number of aromatic nitrogens is 3. The summed E-state index contributed by atoms with van der Waals surface area (Å²) in [5, 5.41) is 18.0. The molecular formula is C14H23N3O2. The van der Waals surface area contributed by atoms with E-state index in [4.69, 9.17) is 0 Å². The summed E-state index contributed by atoms with van der Waals surface area (Å²) < 4.78 is 2.05. The Hall–Kier alpha value is -1.39. The third-order valence-corrected chi connectivity index (χ3v) is 4.21. The molecule has 0 bridgehead atoms. The Bertz CT molecular complexity index is 459. The summed E-state index contributed by atoms with van der Waals surface area (Å²) in [5.74, 6) is 1.00. The van der Waals surface area contributed by atoms with Crippen molar-refractivity contribution in [1.82, 2.24) is 14.8 Å². The minimum absolute atomic E-state index is 0.263. The van der Waals surface area contributed by atoms with Crippen molar-refractivity contribution in [2.45, 2.75) is 65.3 Å². The maximum absolute atomic E-state index is 11.7. The van der Waals surface area contributed by atoms with Gasteiger partial charge in [-0.1, -0.05) is 19.3 Å². The fourth-order valence-electron chi connectivity index (χ4n) is 3.20. The molecule has 1 N–H and O–H groups in total. The average Bonchev–Trinajstić information content (AvgIpc) is 2.71. The van der Waals surface area contributed by atoms with Crippen molar-refractivity contribution in [2.75, 3.05) is 0 Å². The van der Waals surface area contributed by atoms with Crippen LogP contribution in [0.3, 0.4) is 0 Å². The average molecular weight is 265 g/mol. The minimum atomic E-state index is -0.678. The van der Waals surface area contributed by atoms with E-state index in [1.54, 1.807) is 0 Å². The standard InChI is InChI=1S/C14H23N3O2/c1-10(2)17-11(3)15-16-12(17)9-14(13(18)19)7-5-4-6-8-14/h10H,4-9H2,1-3H3,(H,18,19). The highest BCUT2D eigenvalue weighted by atomic mass is 16.4. The first-order chi connectivity index (χ1) is 8.96. The second kappa shape index (κ2) is 5.31. The molecule has 1 aromatic heterocycles. The van der Waals surface area contributed by atoms with E-state index in [-0.39, 0.29) is 6.04 Å². The summed E-state index contributed by atoms with van der Waals surface area (Å²) in [7, 11) is 0. The van der Waals surface area contributed by atoms with Crippen LogP contribution in [0.5, 0.6) is 0 Å². The smallest absolute Gasteiger partial charge is 0.310 e. The van der Waals surface area contributed by atoms with Gasteiger partial charge in [-0.2, -0.15) is 0 Å². The first-order valence-corrected chi connectivity index (χ1v) is 7.10. The Kier molecular flexibility index (Phi) is 3.92. The SMILES string of the molecule is Cc1nnc(CC2(C(=O)O)CCCCC2)n1C(C)C. The third-order valence-electron chi connectivity index (χ3n) is 4.21. The third kappa shape index (κ3) is 2.65. The van der Waals surface area contributed by atoms with Gasteiger partial charge in [0.1, 0.15) is 11.6 Å². The molecule has 1 heterocycles. The van der Waals surface area contributed by atoms with Crippen LogP contribution in [0.1, 0.15) is 63.6 Å². The summed E-state index contributed by atoms with van der Waals surface area (Å²) in [4.78, 5) is 11.7. The van der Waals surface area contributed by atoms with Gasteiger partial charge >= 0.3 is 5.97 Å². The Morgan fingerprint density at radius 1 is 1.32 bits per heavy atom. The van der Waals surface area contributed by atoms with Crippen molar-refractivity contribution in [3.05, 3.63) is 11.6 Å². The summed E-state index contributed by atoms with van der Waals surface area (Å²) in [6, 6.07) is 0.263. The highest BCUT2D eigenvalue weighted by molar-refractivity contribution is 5.75. The van der Waals surface area contributed by atoms with E-state index >= 15 is 0 Å². The van der Waals surface area contributed by atoms with E-state index in [2.05, 4.69) is 28.6 Å². The minimum Gasteiger partial charge on any atom is -0.481 e. The predicted molar refractivity (Wildman–Crippen MR) is 72.0 cm³/mol. The number of carboxylic acid groups (broad SMARTS) is 1. The molecule has 19 heavy (non-hydrogen) atoms. The molecule has 0 unspecified atom stereocenters. The number of aliphatic carboxylic acids is 1. The zero-order valence-electron chi connectivity index (χ0n) is 12.0. The number of aryl methyl sites for hydroxylation is 1. The van der Waals surface area contributed by atoms with Crippen LogP contribution in [0, 0.1) is 12.3 Å². The molecule has 0 saturated heterocycles. The lowest BCUT2D eigenvalue weighted by molar-refractivity contribution is -0.151. The van der Waals surface area contributed by atoms with Crippen molar-refractivity contribution in [3.8, 4) is 0 Å². The van der Waals surface area contributed by atoms with Crippen LogP contribution < -0.4 is 0 Å². The van der Waals surface area contributed by atoms with Crippen LogP contribution in [0.2, 0.25) is 0 Å². The number of hydrogen-bond acceptors (Lipinski definition) is 3. The second-order valence-corrected chi connectivity index (χ2v) is 5.95. The number of nitrogens with zero attached hydrogens (tertiary/aromatic N) is 3. The molecule has 5 nitrogen and oxygen atoms in total. The number of rotatable bonds is 4. The molecular weight excluding hydrogens is 242 g/mol. The highest BCUT2D eigenvalue weighted by Crippen LogP contribution is 2.39. The van der Waals surface area contributed by atoms with E-state index in [1.165, 1.54) is 0 Å². The maximum Gasteiger partial charge on any atom is 0.310 e. The molecule has 1 fully saturated rings. The van der Waals surface area contributed by atoms with Gasteiger partial charge in [0.25, 0.3) is 0 Å². The van der Waals surface area contributed by atoms with Crippen molar-refractivity contribution in [2.24, 2.45) is 5.41 Å². The summed E-state index contributed by atoms with van der Waals surface area (Å²) >= 11 is 0. The Morgan fingerprint density at radius 3 is 2.47 bits per heavy atom. The van der Waals surface area contributed by atoms with Crippen molar-refractivity contribution in [3.63, 3.8) is 0 Å². The molecule has 5 heteroatoms. The molecule has 1 aliphatic carbocycles. The molecule has 0 spiro atoms. The van der Waals surface area contributed by atoms with E-state index in [9.17, 15) is 9.90 Å². The lowest BCUT2D eigenvalue weighted by Gasteiger charge is -2.33. The molecule has 0 atom stereocenters. The lowest BCUT2D eigenvalue weighted by Crippen LogP contribution is -2.36. The Labute approximate surface area is 114 Å². The summed E-state index contributed by atoms with van der Waals surface area (Å²) in [5.41, 5.74) is -0.635. The number of carboxylic acids is 1. The zero-order chi connectivity index (χ0) is 14.0. The van der Waals surface area contributed by atoms with Gasteiger partial charge in [-0.3, -0.25) is 4.79 Å². The van der Waals surface area contributed by atoms with E-state index in [0.717, 1.165) is 43.8 Å². The molecule has 0 radical (unpaired) electrons. The Morgan fingerprint density at radius 2 is 1.95 bits per heavy atom. The van der Waals surface area contributed by atoms with Crippen LogP contribution in [0.15, 0.2) is 0 Å². The van der Waals surface area contributed by atoms with Gasteiger partial charge in [-0.25, -0.2) is 0 Å². The monoisotopic (exact) mass is 265 g/mol. The van der Waals surface area contributed by atoms with E-state index in [1.807, 2.05) is 6.92 Å². The largest absolute Gasteiger partial charge is 0.481 e. The first kappa shape index (κ1) is 14.0. The van der Waals surface area contributed by atoms with Crippen molar-refractivity contribution in [1.29, 1.82) is 0 Å². The topological polar surface area (TPSA) is 68.0 Å². The van der Waals surface area contributed by atoms with Gasteiger partial charge in [0, 0.05) is 12.5 Å². The molecule has 106 valence electrons. The Balaban J connectivity index is 2.30. The van der Waals surface area contributed by atoms with Gasteiger partial charge in [-0.15, -0.1) is 10.2 Å². The lowest BCUT2D eigenvalue weighted by atomic mass is 9.71. The highest BCUT2D eigenvalue weighted by Gasteiger charge is 2.41. The number of carbonyl (C=O) groups is 1. The predicted octanol–water partition coefficient (Wildman–Crippen LogP) is 2.75. The van der Waals surface area contributed by atoms with Crippen LogP contribution in [0.4, 0.5) is 0 Å². The van der Waals surface area contributed by atoms with E-state index in [0.29, 0.717) is 6.42 Å². The van der Waals surface area contributed by atoms with Crippen molar-refractivity contribution >= 4 is 5.97 Å². The van der Waals surface area contributed by atoms with E-state index < -0.39 is 11.4 Å². The normalized spacial score (nSPS) is 18.7. The van der Waals surface area contributed by atoms with Crippen molar-refractivity contribution < 1.29 is 9.90 Å². The molecule has 2 rings (SSSR count). The van der Waals surface area contributed by atoms with Gasteiger partial charge in [-0.05, 0) is 33.6 Å². The fourth-order valence-corrected chi connectivity index (χ4v) is 3.20. The van der Waals surface area contributed by atoms with Gasteiger partial charge in [0.05, 0.1) is 5.41 Å². The molecule has 0 aromatic carbocycles. The molecule has 0 amide bonds. The second-order valence-electron chi connectivity index (χ2n) is 5.95. The molecule has 0 aliphatic heterocycles. The van der Waals surface area contributed by atoms with Gasteiger partial charge in [0.15, 0.2) is 0 Å². The van der Waals surface area contributed by atoms with Crippen LogP contribution >= 0.6 is 0 Å².